The maximum absolute atomic E-state index is 14.6. The summed E-state index contributed by atoms with van der Waals surface area (Å²) < 4.78 is 94.1. The number of hydrogen-bond donors (Lipinski definition) is 3. The fourth-order valence-electron chi connectivity index (χ4n) is 8.67. The van der Waals surface area contributed by atoms with Gasteiger partial charge in [-0.3, -0.25) is 19.1 Å². The van der Waals surface area contributed by atoms with Gasteiger partial charge in [0.1, 0.15) is 29.0 Å². The summed E-state index contributed by atoms with van der Waals surface area (Å²) >= 11 is 0. The smallest absolute Gasteiger partial charge is 0.408 e. The van der Waals surface area contributed by atoms with Gasteiger partial charge in [0.15, 0.2) is 6.10 Å². The van der Waals surface area contributed by atoms with Crippen molar-refractivity contribution in [3.63, 3.8) is 0 Å². The van der Waals surface area contributed by atoms with Gasteiger partial charge in [-0.2, -0.15) is 17.6 Å². The first kappa shape index (κ1) is 39.4. The lowest BCUT2D eigenvalue weighted by Crippen LogP contribution is -2.64. The van der Waals surface area contributed by atoms with Crippen molar-refractivity contribution in [2.24, 2.45) is 5.92 Å². The van der Waals surface area contributed by atoms with Crippen molar-refractivity contribution in [3.05, 3.63) is 47.7 Å². The van der Waals surface area contributed by atoms with Gasteiger partial charge in [0.2, 0.25) is 21.8 Å². The van der Waals surface area contributed by atoms with Crippen molar-refractivity contribution in [1.29, 1.82) is 0 Å². The molecule has 13 nitrogen and oxygen atoms in total. The summed E-state index contributed by atoms with van der Waals surface area (Å²) in [5.41, 5.74) is -0.484. The van der Waals surface area contributed by atoms with Crippen LogP contribution in [-0.2, 0) is 35.6 Å². The number of aryl methyl sites for hydroxylation is 2. The van der Waals surface area contributed by atoms with E-state index >= 15 is 0 Å². The van der Waals surface area contributed by atoms with Gasteiger partial charge in [-0.1, -0.05) is 43.2 Å². The third-order valence-corrected chi connectivity index (χ3v) is 14.9. The van der Waals surface area contributed by atoms with Crippen molar-refractivity contribution < 1.29 is 54.6 Å². The van der Waals surface area contributed by atoms with Crippen LogP contribution in [0, 0.1) is 12.8 Å². The van der Waals surface area contributed by atoms with Gasteiger partial charge in [0.05, 0.1) is 28.9 Å². The first-order chi connectivity index (χ1) is 26.8. The number of aromatic nitrogens is 1. The minimum Gasteiger partial charge on any atom is -0.483 e. The predicted octanol–water partition coefficient (Wildman–Crippen LogP) is 4.74. The van der Waals surface area contributed by atoms with E-state index < -0.39 is 92.1 Å². The molecule has 308 valence electrons. The lowest BCUT2D eigenvalue weighted by molar-refractivity contribution is -0.329. The number of nitrogens with zero attached hydrogens (tertiary/aromatic N) is 2. The highest BCUT2D eigenvalue weighted by Gasteiger charge is 2.74. The number of nitrogens with one attached hydrogen (secondary N) is 3. The third kappa shape index (κ3) is 6.78. The number of amides is 4. The Bertz CT molecular complexity index is 2180. The molecule has 6 aliphatic rings. The zero-order valence-electron chi connectivity index (χ0n) is 31.5. The summed E-state index contributed by atoms with van der Waals surface area (Å²) in [5.74, 6) is -11.4. The van der Waals surface area contributed by atoms with E-state index in [0.717, 1.165) is 16.5 Å². The van der Waals surface area contributed by atoms with Crippen molar-refractivity contribution in [3.8, 4) is 5.75 Å². The number of rotatable bonds is 5. The van der Waals surface area contributed by atoms with Crippen LogP contribution < -0.4 is 20.1 Å². The van der Waals surface area contributed by atoms with Gasteiger partial charge >= 0.3 is 17.9 Å². The van der Waals surface area contributed by atoms with Gasteiger partial charge in [-0.25, -0.2) is 18.2 Å². The quantitative estimate of drug-likeness (QED) is 0.285. The Kier molecular flexibility index (Phi) is 9.35. The average molecular weight is 820 g/mol. The second kappa shape index (κ2) is 13.5. The first-order valence-corrected chi connectivity index (χ1v) is 20.9. The number of hydrogen-bond acceptors (Lipinski definition) is 9. The van der Waals surface area contributed by atoms with Crippen molar-refractivity contribution in [2.75, 3.05) is 6.54 Å². The molecule has 3 aliphatic heterocycles. The van der Waals surface area contributed by atoms with E-state index in [4.69, 9.17) is 14.5 Å². The molecule has 1 aromatic heterocycles. The molecule has 4 heterocycles. The molecule has 0 radical (unpaired) electrons. The fraction of sp³-hybridized carbons (Fsp3) is 0.615. The summed E-state index contributed by atoms with van der Waals surface area (Å²) in [6, 6.07) is 4.89. The molecule has 1 unspecified atom stereocenters. The van der Waals surface area contributed by atoms with Crippen LogP contribution in [-0.4, -0.2) is 94.6 Å². The minimum atomic E-state index is -4.58. The zero-order valence-corrected chi connectivity index (χ0v) is 32.4. The number of carbonyl (C=O) groups excluding carboxylic acids is 4. The SMILES string of the molecule is Cc1nc2ccccc2c2c1O[C@]1(CC2)C[C@H]2C(=O)N[C@]3(C(=O)NS(=O)(=O)C4(C)CC4)C[C@H]3/C=C\CCCCC[C@H](NC(=O)OC3CC(F)(F)C3(F)F)C(=O)N2C1. The Hall–Kier alpha value is -4.48. The first-order valence-electron chi connectivity index (χ1n) is 19.5. The minimum absolute atomic E-state index is 0.0109. The van der Waals surface area contributed by atoms with Crippen LogP contribution >= 0.6 is 0 Å². The topological polar surface area (TPSA) is 173 Å². The van der Waals surface area contributed by atoms with Crippen LogP contribution in [0.3, 0.4) is 0 Å². The molecule has 4 amide bonds. The fourth-order valence-corrected chi connectivity index (χ4v) is 9.98. The Labute approximate surface area is 326 Å². The van der Waals surface area contributed by atoms with E-state index in [1.807, 2.05) is 30.3 Å². The lowest BCUT2D eigenvalue weighted by atomic mass is 9.85. The number of sulfonamides is 1. The Balaban J connectivity index is 1.11. The second-order valence-electron chi connectivity index (χ2n) is 16.8. The van der Waals surface area contributed by atoms with Crippen LogP contribution in [0.25, 0.3) is 10.9 Å². The van der Waals surface area contributed by atoms with E-state index in [-0.39, 0.29) is 25.8 Å². The zero-order chi connectivity index (χ0) is 40.8. The summed E-state index contributed by atoms with van der Waals surface area (Å²) in [6.07, 6.45) is 2.19. The number of carbonyl (C=O) groups is 4. The maximum Gasteiger partial charge on any atom is 0.408 e. The molecule has 3 aliphatic carbocycles. The normalized spacial score (nSPS) is 33.1. The van der Waals surface area contributed by atoms with Crippen molar-refractivity contribution in [1.82, 2.24) is 25.2 Å². The van der Waals surface area contributed by atoms with Crippen molar-refractivity contribution >= 4 is 44.7 Å². The number of ether oxygens (including phenoxy) is 2. The highest BCUT2D eigenvalue weighted by molar-refractivity contribution is 7.91. The number of alkyl carbamates (subject to hydrolysis) is 1. The van der Waals surface area contributed by atoms with E-state index in [0.29, 0.717) is 62.8 Å². The summed E-state index contributed by atoms with van der Waals surface area (Å²) in [5, 5.41) is 6.03. The number of para-hydroxylation sites is 1. The van der Waals surface area contributed by atoms with Crippen LogP contribution in [0.1, 0.15) is 88.8 Å². The highest BCUT2D eigenvalue weighted by Crippen LogP contribution is 2.53. The molecule has 1 spiro atoms. The molecule has 0 bridgehead atoms. The molecular formula is C39H45F4N5O8S. The average Bonchev–Trinajstić information content (AvgIpc) is 4.05. The monoisotopic (exact) mass is 819 g/mol. The molecule has 2 aromatic rings. The Morgan fingerprint density at radius 2 is 1.79 bits per heavy atom. The van der Waals surface area contributed by atoms with Gasteiger partial charge in [0, 0.05) is 23.3 Å². The Morgan fingerprint density at radius 1 is 1.04 bits per heavy atom. The van der Waals surface area contributed by atoms with E-state index in [2.05, 4.69) is 15.4 Å². The van der Waals surface area contributed by atoms with Crippen LogP contribution in [0.2, 0.25) is 0 Å². The lowest BCUT2D eigenvalue weighted by Gasteiger charge is -2.42. The third-order valence-electron chi connectivity index (χ3n) is 12.8. The number of halogens is 4. The van der Waals surface area contributed by atoms with Crippen LogP contribution in [0.5, 0.6) is 5.75 Å². The van der Waals surface area contributed by atoms with E-state index in [1.54, 1.807) is 13.0 Å². The molecule has 1 aromatic carbocycles. The van der Waals surface area contributed by atoms with Gasteiger partial charge in [0.25, 0.3) is 5.91 Å². The van der Waals surface area contributed by atoms with Crippen LogP contribution in [0.4, 0.5) is 22.4 Å². The molecule has 6 atom stereocenters. The molecule has 57 heavy (non-hydrogen) atoms. The summed E-state index contributed by atoms with van der Waals surface area (Å²) in [6.45, 7) is 3.18. The second-order valence-corrected chi connectivity index (χ2v) is 19.0. The Morgan fingerprint density at radius 3 is 2.51 bits per heavy atom. The number of allylic oxidation sites excluding steroid dienone is 1. The molecule has 8 rings (SSSR count). The van der Waals surface area contributed by atoms with E-state index in [1.165, 1.54) is 11.8 Å². The molecular weight excluding hydrogens is 775 g/mol. The van der Waals surface area contributed by atoms with Crippen molar-refractivity contribution in [2.45, 2.75) is 137 Å². The number of alkyl halides is 4. The molecule has 3 saturated carbocycles. The number of benzene rings is 1. The van der Waals surface area contributed by atoms with E-state index in [9.17, 15) is 45.2 Å². The standard InChI is InChI=1S/C39H45F4N5O8S/c1-22-30-25(24-11-8-9-12-26(24)44-22)14-15-36(56-30)19-28-31(49)46-37(33(51)47-57(53,54)35(2)16-17-35)18-23(37)10-6-4-3-5-7-13-27(32(50)48(28)21-36)45-34(52)55-29-20-38(40,41)39(29,42)43/h6,8-12,23,27-29H,3-5,7,13-21H2,1-2H3,(H,45,52)(H,46,49)(H,47,51)/b10-6-/t23-,27+,28+,29?,36-,37-/m1/s1. The summed E-state index contributed by atoms with van der Waals surface area (Å²) in [4.78, 5) is 62.0. The largest absolute Gasteiger partial charge is 0.483 e. The van der Waals surface area contributed by atoms with Gasteiger partial charge in [-0.15, -0.1) is 0 Å². The molecule has 1 saturated heterocycles. The van der Waals surface area contributed by atoms with Crippen LogP contribution in [0.15, 0.2) is 36.4 Å². The van der Waals surface area contributed by atoms with Gasteiger partial charge in [-0.05, 0) is 71.3 Å². The summed E-state index contributed by atoms with van der Waals surface area (Å²) in [7, 11) is -4.07. The van der Waals surface area contributed by atoms with Gasteiger partial charge < -0.3 is 25.0 Å². The maximum atomic E-state index is 14.6. The molecule has 3 N–H and O–H groups in total. The highest BCUT2D eigenvalue weighted by atomic mass is 32.2. The predicted molar refractivity (Wildman–Crippen MR) is 196 cm³/mol. The molecule has 18 heteroatoms. The number of fused-ring (bicyclic) bond motifs is 5. The number of pyridine rings is 1. The molecule has 4 fully saturated rings.